The van der Waals surface area contributed by atoms with E-state index in [1.54, 1.807) is 29.5 Å². The van der Waals surface area contributed by atoms with Gasteiger partial charge in [-0.1, -0.05) is 27.2 Å². The van der Waals surface area contributed by atoms with Crippen molar-refractivity contribution in [1.82, 2.24) is 0 Å². The zero-order valence-electron chi connectivity index (χ0n) is 16.4. The van der Waals surface area contributed by atoms with Crippen molar-refractivity contribution in [1.29, 1.82) is 5.26 Å². The van der Waals surface area contributed by atoms with Gasteiger partial charge in [0, 0.05) is 10.4 Å². The van der Waals surface area contributed by atoms with Gasteiger partial charge in [0.05, 0.1) is 5.56 Å². The number of hydrogen-bond acceptors (Lipinski definition) is 5. The molecule has 1 aromatic carbocycles. The van der Waals surface area contributed by atoms with E-state index in [2.05, 4.69) is 32.2 Å². The third-order valence-corrected chi connectivity index (χ3v) is 7.43. The standard InChI is InChI=1S/C22H24N2O3S/c1-4-22(2,3)14-6-7-15-16(11-23)21(28-19(15)10-14)24-20(25)13-5-8-17-18(9-13)27-12-26-17/h5,8-9,14H,4,6-7,10,12H2,1-3H3,(H,24,25)/t14-/m0/s1. The number of thiophene rings is 1. The van der Waals surface area contributed by atoms with Gasteiger partial charge in [-0.05, 0) is 54.4 Å². The van der Waals surface area contributed by atoms with Crippen molar-refractivity contribution in [2.75, 3.05) is 12.1 Å². The van der Waals surface area contributed by atoms with Gasteiger partial charge >= 0.3 is 0 Å². The van der Waals surface area contributed by atoms with E-state index in [9.17, 15) is 10.1 Å². The Bertz CT molecular complexity index is 971. The summed E-state index contributed by atoms with van der Waals surface area (Å²) in [5, 5.41) is 13.3. The third kappa shape index (κ3) is 3.24. The second-order valence-electron chi connectivity index (χ2n) is 8.12. The predicted molar refractivity (Wildman–Crippen MR) is 109 cm³/mol. The molecule has 0 radical (unpaired) electrons. The molecule has 0 saturated heterocycles. The van der Waals surface area contributed by atoms with Crippen LogP contribution < -0.4 is 14.8 Å². The second-order valence-corrected chi connectivity index (χ2v) is 9.23. The van der Waals surface area contributed by atoms with Crippen LogP contribution in [-0.2, 0) is 12.8 Å². The van der Waals surface area contributed by atoms with Crippen LogP contribution in [0.4, 0.5) is 5.00 Å². The summed E-state index contributed by atoms with van der Waals surface area (Å²) in [4.78, 5) is 14.0. The minimum Gasteiger partial charge on any atom is -0.454 e. The minimum atomic E-state index is -0.237. The molecule has 1 aliphatic heterocycles. The van der Waals surface area contributed by atoms with Crippen molar-refractivity contribution < 1.29 is 14.3 Å². The molecule has 0 spiro atoms. The van der Waals surface area contributed by atoms with Gasteiger partial charge in [0.25, 0.3) is 5.91 Å². The summed E-state index contributed by atoms with van der Waals surface area (Å²) in [7, 11) is 0. The maximum atomic E-state index is 12.8. The van der Waals surface area contributed by atoms with E-state index in [4.69, 9.17) is 9.47 Å². The van der Waals surface area contributed by atoms with Crippen LogP contribution in [0.15, 0.2) is 18.2 Å². The lowest BCUT2D eigenvalue weighted by Crippen LogP contribution is -2.28. The highest BCUT2D eigenvalue weighted by molar-refractivity contribution is 7.16. The molecule has 0 bridgehead atoms. The lowest BCUT2D eigenvalue weighted by Gasteiger charge is -2.36. The molecule has 1 N–H and O–H groups in total. The van der Waals surface area contributed by atoms with Crippen LogP contribution in [0.2, 0.25) is 0 Å². The van der Waals surface area contributed by atoms with Gasteiger partial charge in [-0.3, -0.25) is 4.79 Å². The number of amides is 1. The molecule has 2 aromatic rings. The Balaban J connectivity index is 1.58. The monoisotopic (exact) mass is 396 g/mol. The number of nitrogens with zero attached hydrogens (tertiary/aromatic N) is 1. The van der Waals surface area contributed by atoms with E-state index >= 15 is 0 Å². The molecule has 6 heteroatoms. The Kier molecular flexibility index (Phi) is 4.80. The van der Waals surface area contributed by atoms with Gasteiger partial charge in [0.2, 0.25) is 6.79 Å². The Morgan fingerprint density at radius 2 is 2.14 bits per heavy atom. The molecule has 0 fully saturated rings. The SMILES string of the molecule is CCC(C)(C)[C@H]1CCc2c(sc(NC(=O)c3ccc4c(c3)OCO4)c2C#N)C1. The van der Waals surface area contributed by atoms with E-state index in [0.29, 0.717) is 33.5 Å². The van der Waals surface area contributed by atoms with Crippen molar-refractivity contribution in [3.05, 3.63) is 39.8 Å². The fourth-order valence-electron chi connectivity index (χ4n) is 3.96. The van der Waals surface area contributed by atoms with Gasteiger partial charge in [0.1, 0.15) is 11.1 Å². The molecule has 1 atom stereocenters. The maximum absolute atomic E-state index is 12.8. The van der Waals surface area contributed by atoms with E-state index in [-0.39, 0.29) is 18.1 Å². The van der Waals surface area contributed by atoms with Crippen molar-refractivity contribution in [3.63, 3.8) is 0 Å². The van der Waals surface area contributed by atoms with E-state index in [1.165, 1.54) is 4.88 Å². The smallest absolute Gasteiger partial charge is 0.256 e. The lowest BCUT2D eigenvalue weighted by molar-refractivity contribution is 0.102. The summed E-state index contributed by atoms with van der Waals surface area (Å²) >= 11 is 1.55. The average Bonchev–Trinajstić information content (AvgIpc) is 3.30. The zero-order chi connectivity index (χ0) is 19.9. The zero-order valence-corrected chi connectivity index (χ0v) is 17.2. The third-order valence-electron chi connectivity index (χ3n) is 6.26. The number of rotatable bonds is 4. The summed E-state index contributed by atoms with van der Waals surface area (Å²) in [5.74, 6) is 1.58. The fraction of sp³-hybridized carbons (Fsp3) is 0.455. The Morgan fingerprint density at radius 1 is 1.36 bits per heavy atom. The molecular weight excluding hydrogens is 372 g/mol. The number of hydrogen-bond donors (Lipinski definition) is 1. The van der Waals surface area contributed by atoms with E-state index < -0.39 is 0 Å². The molecule has 2 aliphatic rings. The quantitative estimate of drug-likeness (QED) is 0.776. The molecular formula is C22H24N2O3S. The van der Waals surface area contributed by atoms with Crippen molar-refractivity contribution in [2.24, 2.45) is 11.3 Å². The molecule has 1 aromatic heterocycles. The normalized spacial score (nSPS) is 17.7. The first-order chi connectivity index (χ1) is 13.4. The molecule has 4 rings (SSSR count). The summed E-state index contributed by atoms with van der Waals surface area (Å²) in [6.07, 6.45) is 4.12. The molecule has 2 heterocycles. The highest BCUT2D eigenvalue weighted by atomic mass is 32.1. The first-order valence-corrected chi connectivity index (χ1v) is 10.5. The number of carbonyl (C=O) groups excluding carboxylic acids is 1. The van der Waals surface area contributed by atoms with Crippen LogP contribution in [0, 0.1) is 22.7 Å². The van der Waals surface area contributed by atoms with E-state index in [1.807, 2.05) is 0 Å². The van der Waals surface area contributed by atoms with Crippen molar-refractivity contribution >= 4 is 22.2 Å². The number of carbonyl (C=O) groups is 1. The Labute approximate surface area is 169 Å². The van der Waals surface area contributed by atoms with Gasteiger partial charge in [-0.15, -0.1) is 11.3 Å². The fourth-order valence-corrected chi connectivity index (χ4v) is 5.23. The van der Waals surface area contributed by atoms with Crippen molar-refractivity contribution in [3.8, 4) is 17.6 Å². The Morgan fingerprint density at radius 3 is 2.89 bits per heavy atom. The number of benzene rings is 1. The second kappa shape index (κ2) is 7.14. The van der Waals surface area contributed by atoms with Crippen LogP contribution in [0.5, 0.6) is 11.5 Å². The van der Waals surface area contributed by atoms with Crippen LogP contribution in [-0.4, -0.2) is 12.7 Å². The largest absolute Gasteiger partial charge is 0.454 e. The topological polar surface area (TPSA) is 71.3 Å². The van der Waals surface area contributed by atoms with E-state index in [0.717, 1.165) is 31.2 Å². The summed E-state index contributed by atoms with van der Waals surface area (Å²) in [6.45, 7) is 7.06. The van der Waals surface area contributed by atoms with Crippen molar-refractivity contribution in [2.45, 2.75) is 46.5 Å². The first-order valence-electron chi connectivity index (χ1n) is 9.68. The number of ether oxygens (including phenoxy) is 2. The maximum Gasteiger partial charge on any atom is 0.256 e. The van der Waals surface area contributed by atoms with Gasteiger partial charge < -0.3 is 14.8 Å². The summed E-state index contributed by atoms with van der Waals surface area (Å²) < 4.78 is 10.6. The number of anilines is 1. The number of nitriles is 1. The van der Waals surface area contributed by atoms with Gasteiger partial charge in [-0.2, -0.15) is 5.26 Å². The number of fused-ring (bicyclic) bond motifs is 2. The van der Waals surface area contributed by atoms with Crippen LogP contribution >= 0.6 is 11.3 Å². The van der Waals surface area contributed by atoms with Gasteiger partial charge in [-0.25, -0.2) is 0 Å². The van der Waals surface area contributed by atoms with Crippen LogP contribution in [0.3, 0.4) is 0 Å². The van der Waals surface area contributed by atoms with Gasteiger partial charge in [0.15, 0.2) is 11.5 Å². The summed E-state index contributed by atoms with van der Waals surface area (Å²) in [5.41, 5.74) is 2.52. The number of nitrogens with one attached hydrogen (secondary N) is 1. The molecule has 1 amide bonds. The highest BCUT2D eigenvalue weighted by Crippen LogP contribution is 2.45. The molecule has 5 nitrogen and oxygen atoms in total. The Hall–Kier alpha value is -2.52. The van der Waals surface area contributed by atoms with Crippen LogP contribution in [0.25, 0.3) is 0 Å². The first kappa shape index (κ1) is 18.8. The molecule has 0 unspecified atom stereocenters. The summed E-state index contributed by atoms with van der Waals surface area (Å²) in [6, 6.07) is 7.44. The molecule has 0 saturated carbocycles. The molecule has 146 valence electrons. The highest BCUT2D eigenvalue weighted by Gasteiger charge is 2.34. The molecule has 28 heavy (non-hydrogen) atoms. The molecule has 1 aliphatic carbocycles. The predicted octanol–water partition coefficient (Wildman–Crippen LogP) is 5.14. The minimum absolute atomic E-state index is 0.173. The van der Waals surface area contributed by atoms with Crippen LogP contribution in [0.1, 0.15) is 60.0 Å². The lowest BCUT2D eigenvalue weighted by atomic mass is 9.69. The average molecular weight is 397 g/mol.